The maximum atomic E-state index is 6.01. The lowest BCUT2D eigenvalue weighted by molar-refractivity contribution is 0.321. The van der Waals surface area contributed by atoms with E-state index in [1.54, 1.807) is 6.20 Å². The molecule has 0 N–H and O–H groups in total. The van der Waals surface area contributed by atoms with E-state index in [2.05, 4.69) is 14.9 Å². The Morgan fingerprint density at radius 2 is 2.20 bits per heavy atom. The number of rotatable bonds is 3. The van der Waals surface area contributed by atoms with E-state index in [1.807, 2.05) is 7.05 Å². The van der Waals surface area contributed by atoms with Crippen molar-refractivity contribution in [2.24, 2.45) is 5.92 Å². The number of hydrogen-bond acceptors (Lipinski definition) is 3. The van der Waals surface area contributed by atoms with Crippen molar-refractivity contribution < 1.29 is 0 Å². The maximum absolute atomic E-state index is 6.01. The van der Waals surface area contributed by atoms with E-state index in [0.29, 0.717) is 5.02 Å². The predicted molar refractivity (Wildman–Crippen MR) is 62.7 cm³/mol. The third kappa shape index (κ3) is 2.52. The zero-order valence-electron chi connectivity index (χ0n) is 8.58. The second-order valence-electron chi connectivity index (χ2n) is 3.99. The Morgan fingerprint density at radius 1 is 1.47 bits per heavy atom. The average Bonchev–Trinajstić information content (AvgIpc) is 2.15. The molecule has 1 saturated carbocycles. The fraction of sp³-hybridized carbons (Fsp3) is 0.600. The van der Waals surface area contributed by atoms with Gasteiger partial charge >= 0.3 is 0 Å². The highest BCUT2D eigenvalue weighted by Gasteiger charge is 2.20. The lowest BCUT2D eigenvalue weighted by Crippen LogP contribution is -2.30. The SMILES string of the molecule is CN(CC1CCC1)c1nc(Cl)ncc1Cl. The van der Waals surface area contributed by atoms with Crippen LogP contribution in [0.2, 0.25) is 10.3 Å². The quantitative estimate of drug-likeness (QED) is 0.767. The van der Waals surface area contributed by atoms with Crippen molar-refractivity contribution in [3.05, 3.63) is 16.5 Å². The first kappa shape index (κ1) is 11.0. The fourth-order valence-corrected chi connectivity index (χ4v) is 2.12. The summed E-state index contributed by atoms with van der Waals surface area (Å²) in [7, 11) is 1.99. The summed E-state index contributed by atoms with van der Waals surface area (Å²) < 4.78 is 0. The Kier molecular flexibility index (Phi) is 3.32. The molecule has 0 atom stereocenters. The van der Waals surface area contributed by atoms with Gasteiger partial charge in [0.15, 0.2) is 5.82 Å². The minimum atomic E-state index is 0.245. The van der Waals surface area contributed by atoms with Gasteiger partial charge in [0, 0.05) is 13.6 Å². The van der Waals surface area contributed by atoms with Gasteiger partial charge in [-0.1, -0.05) is 18.0 Å². The van der Waals surface area contributed by atoms with Crippen molar-refractivity contribution in [1.82, 2.24) is 9.97 Å². The van der Waals surface area contributed by atoms with Gasteiger partial charge in [-0.05, 0) is 30.4 Å². The molecule has 1 aliphatic carbocycles. The van der Waals surface area contributed by atoms with E-state index in [9.17, 15) is 0 Å². The zero-order chi connectivity index (χ0) is 10.8. The molecule has 0 saturated heterocycles. The van der Waals surface area contributed by atoms with Crippen LogP contribution >= 0.6 is 23.2 Å². The fourth-order valence-electron chi connectivity index (χ4n) is 1.75. The monoisotopic (exact) mass is 245 g/mol. The molecule has 1 aromatic heterocycles. The van der Waals surface area contributed by atoms with Gasteiger partial charge in [-0.15, -0.1) is 0 Å². The van der Waals surface area contributed by atoms with Crippen molar-refractivity contribution in [2.75, 3.05) is 18.5 Å². The molecule has 0 aromatic carbocycles. The van der Waals surface area contributed by atoms with Crippen LogP contribution in [0.3, 0.4) is 0 Å². The molecule has 5 heteroatoms. The molecule has 1 aliphatic rings. The van der Waals surface area contributed by atoms with E-state index in [1.165, 1.54) is 19.3 Å². The van der Waals surface area contributed by atoms with Crippen molar-refractivity contribution in [1.29, 1.82) is 0 Å². The van der Waals surface area contributed by atoms with Gasteiger partial charge in [0.2, 0.25) is 5.28 Å². The van der Waals surface area contributed by atoms with Crippen LogP contribution < -0.4 is 4.90 Å². The van der Waals surface area contributed by atoms with Gasteiger partial charge in [-0.3, -0.25) is 0 Å². The summed E-state index contributed by atoms with van der Waals surface area (Å²) in [6.45, 7) is 0.993. The number of hydrogen-bond donors (Lipinski definition) is 0. The van der Waals surface area contributed by atoms with Crippen LogP contribution in [-0.4, -0.2) is 23.6 Å². The van der Waals surface area contributed by atoms with Crippen LogP contribution in [0, 0.1) is 5.92 Å². The van der Waals surface area contributed by atoms with Crippen LogP contribution in [0.1, 0.15) is 19.3 Å². The van der Waals surface area contributed by atoms with Gasteiger partial charge in [0.25, 0.3) is 0 Å². The molecule has 0 bridgehead atoms. The van der Waals surface area contributed by atoms with Crippen molar-refractivity contribution in [2.45, 2.75) is 19.3 Å². The first-order valence-electron chi connectivity index (χ1n) is 5.06. The molecule has 15 heavy (non-hydrogen) atoms. The van der Waals surface area contributed by atoms with Crippen LogP contribution in [0.15, 0.2) is 6.20 Å². The van der Waals surface area contributed by atoms with Crippen molar-refractivity contribution in [3.63, 3.8) is 0 Å². The molecule has 2 rings (SSSR count). The smallest absolute Gasteiger partial charge is 0.224 e. The van der Waals surface area contributed by atoms with Gasteiger partial charge in [0.1, 0.15) is 5.02 Å². The number of halogens is 2. The van der Waals surface area contributed by atoms with Crippen molar-refractivity contribution in [3.8, 4) is 0 Å². The molecular weight excluding hydrogens is 233 g/mol. The summed E-state index contributed by atoms with van der Waals surface area (Å²) in [5, 5.41) is 0.802. The normalized spacial score (nSPS) is 16.2. The highest BCUT2D eigenvalue weighted by molar-refractivity contribution is 6.33. The molecule has 0 aliphatic heterocycles. The minimum Gasteiger partial charge on any atom is -0.358 e. The highest BCUT2D eigenvalue weighted by Crippen LogP contribution is 2.30. The molecule has 0 amide bonds. The molecule has 82 valence electrons. The lowest BCUT2D eigenvalue weighted by Gasteiger charge is -2.30. The Bertz CT molecular complexity index is 353. The Balaban J connectivity index is 2.09. The second-order valence-corrected chi connectivity index (χ2v) is 4.73. The van der Waals surface area contributed by atoms with E-state index in [0.717, 1.165) is 18.3 Å². The largest absolute Gasteiger partial charge is 0.358 e. The number of nitrogens with zero attached hydrogens (tertiary/aromatic N) is 3. The average molecular weight is 246 g/mol. The van der Waals surface area contributed by atoms with Gasteiger partial charge < -0.3 is 4.90 Å². The van der Waals surface area contributed by atoms with Crippen LogP contribution in [0.4, 0.5) is 5.82 Å². The first-order valence-corrected chi connectivity index (χ1v) is 5.81. The summed E-state index contributed by atoms with van der Waals surface area (Å²) in [4.78, 5) is 10.0. The summed E-state index contributed by atoms with van der Waals surface area (Å²) in [6.07, 6.45) is 5.50. The van der Waals surface area contributed by atoms with Crippen LogP contribution in [-0.2, 0) is 0 Å². The minimum absolute atomic E-state index is 0.245. The molecule has 0 unspecified atom stereocenters. The van der Waals surface area contributed by atoms with Crippen LogP contribution in [0.5, 0.6) is 0 Å². The lowest BCUT2D eigenvalue weighted by atomic mass is 9.85. The number of anilines is 1. The van der Waals surface area contributed by atoms with Gasteiger partial charge in [0.05, 0.1) is 6.20 Å². The van der Waals surface area contributed by atoms with Gasteiger partial charge in [-0.25, -0.2) is 4.98 Å². The Hall–Kier alpha value is -0.540. The standard InChI is InChI=1S/C10H13Cl2N3/c1-15(6-7-3-2-4-7)9-8(11)5-13-10(12)14-9/h5,7H,2-4,6H2,1H3. The van der Waals surface area contributed by atoms with Gasteiger partial charge in [-0.2, -0.15) is 4.98 Å². The van der Waals surface area contributed by atoms with E-state index in [4.69, 9.17) is 23.2 Å². The zero-order valence-corrected chi connectivity index (χ0v) is 10.1. The Labute approximate surface area is 99.4 Å². The summed E-state index contributed by atoms with van der Waals surface area (Å²) in [6, 6.07) is 0. The molecule has 1 aromatic rings. The molecule has 1 fully saturated rings. The molecular formula is C10H13Cl2N3. The molecule has 3 nitrogen and oxygen atoms in total. The van der Waals surface area contributed by atoms with E-state index >= 15 is 0 Å². The topological polar surface area (TPSA) is 29.0 Å². The molecule has 1 heterocycles. The third-order valence-electron chi connectivity index (χ3n) is 2.81. The summed E-state index contributed by atoms with van der Waals surface area (Å²) >= 11 is 11.7. The highest BCUT2D eigenvalue weighted by atomic mass is 35.5. The molecule has 0 radical (unpaired) electrons. The third-order valence-corrected chi connectivity index (χ3v) is 3.26. The Morgan fingerprint density at radius 3 is 2.80 bits per heavy atom. The van der Waals surface area contributed by atoms with Crippen molar-refractivity contribution >= 4 is 29.0 Å². The summed E-state index contributed by atoms with van der Waals surface area (Å²) in [5.74, 6) is 1.50. The predicted octanol–water partition coefficient (Wildman–Crippen LogP) is 3.02. The molecule has 0 spiro atoms. The second kappa shape index (κ2) is 4.54. The van der Waals surface area contributed by atoms with E-state index < -0.39 is 0 Å². The number of aromatic nitrogens is 2. The first-order chi connectivity index (χ1) is 7.16. The van der Waals surface area contributed by atoms with E-state index in [-0.39, 0.29) is 5.28 Å². The summed E-state index contributed by atoms with van der Waals surface area (Å²) in [5.41, 5.74) is 0. The maximum Gasteiger partial charge on any atom is 0.224 e. The van der Waals surface area contributed by atoms with Crippen LogP contribution in [0.25, 0.3) is 0 Å².